The van der Waals surface area contributed by atoms with Crippen LogP contribution in [-0.2, 0) is 0 Å². The molecule has 1 aromatic heterocycles. The third-order valence-corrected chi connectivity index (χ3v) is 3.17. The zero-order valence-electron chi connectivity index (χ0n) is 10.2. The standard InChI is InChI=1S/C11H18ClN5/c1-13-11-15-7-9(12)10(16-11)14-5-6-17(2)8-3-4-8/h7-8H,3-6H2,1-2H3,(H2,13,14,15,16). The molecule has 1 aromatic rings. The highest BCUT2D eigenvalue weighted by molar-refractivity contribution is 6.32. The van der Waals surface area contributed by atoms with E-state index in [4.69, 9.17) is 11.6 Å². The molecule has 17 heavy (non-hydrogen) atoms. The molecule has 0 aromatic carbocycles. The Morgan fingerprint density at radius 1 is 1.53 bits per heavy atom. The molecular weight excluding hydrogens is 238 g/mol. The van der Waals surface area contributed by atoms with Crippen LogP contribution in [0.1, 0.15) is 12.8 Å². The van der Waals surface area contributed by atoms with Crippen LogP contribution < -0.4 is 10.6 Å². The van der Waals surface area contributed by atoms with Crippen LogP contribution in [0.25, 0.3) is 0 Å². The third kappa shape index (κ3) is 3.44. The van der Waals surface area contributed by atoms with Crippen molar-refractivity contribution in [3.8, 4) is 0 Å². The van der Waals surface area contributed by atoms with E-state index in [9.17, 15) is 0 Å². The molecule has 94 valence electrons. The lowest BCUT2D eigenvalue weighted by atomic mass is 10.5. The fraction of sp³-hybridized carbons (Fsp3) is 0.636. The van der Waals surface area contributed by atoms with Crippen LogP contribution in [0.5, 0.6) is 0 Å². The minimum Gasteiger partial charge on any atom is -0.367 e. The van der Waals surface area contributed by atoms with Crippen molar-refractivity contribution in [2.75, 3.05) is 37.8 Å². The minimum absolute atomic E-state index is 0.554. The van der Waals surface area contributed by atoms with E-state index in [2.05, 4.69) is 32.5 Å². The quantitative estimate of drug-likeness (QED) is 0.810. The summed E-state index contributed by atoms with van der Waals surface area (Å²) in [5.74, 6) is 1.27. The lowest BCUT2D eigenvalue weighted by molar-refractivity contribution is 0.337. The molecule has 0 saturated heterocycles. The highest BCUT2D eigenvalue weighted by Crippen LogP contribution is 2.25. The summed E-state index contributed by atoms with van der Waals surface area (Å²) < 4.78 is 0. The first-order valence-corrected chi connectivity index (χ1v) is 6.23. The third-order valence-electron chi connectivity index (χ3n) is 2.89. The molecule has 1 aliphatic rings. The molecule has 1 saturated carbocycles. The number of likely N-dealkylation sites (N-methyl/N-ethyl adjacent to an activating group) is 1. The van der Waals surface area contributed by atoms with Gasteiger partial charge in [-0.15, -0.1) is 0 Å². The molecular formula is C11H18ClN5. The molecule has 1 heterocycles. The Morgan fingerprint density at radius 3 is 2.94 bits per heavy atom. The maximum atomic E-state index is 6.01. The number of hydrogen-bond acceptors (Lipinski definition) is 5. The second-order valence-corrected chi connectivity index (χ2v) is 4.69. The van der Waals surface area contributed by atoms with E-state index >= 15 is 0 Å². The fourth-order valence-corrected chi connectivity index (χ4v) is 1.82. The van der Waals surface area contributed by atoms with Crippen molar-refractivity contribution < 1.29 is 0 Å². The first kappa shape index (κ1) is 12.4. The summed E-state index contributed by atoms with van der Waals surface area (Å²) in [6.07, 6.45) is 4.26. The van der Waals surface area contributed by atoms with Crippen molar-refractivity contribution in [2.24, 2.45) is 0 Å². The number of anilines is 2. The average Bonchev–Trinajstić information content (AvgIpc) is 3.15. The van der Waals surface area contributed by atoms with Gasteiger partial charge in [0.1, 0.15) is 5.02 Å². The first-order valence-electron chi connectivity index (χ1n) is 5.85. The summed E-state index contributed by atoms with van der Waals surface area (Å²) in [6, 6.07) is 0.783. The van der Waals surface area contributed by atoms with Crippen LogP contribution >= 0.6 is 11.6 Å². The van der Waals surface area contributed by atoms with Crippen molar-refractivity contribution in [1.29, 1.82) is 0 Å². The van der Waals surface area contributed by atoms with Gasteiger partial charge in [0.2, 0.25) is 5.95 Å². The van der Waals surface area contributed by atoms with Gasteiger partial charge in [-0.05, 0) is 19.9 Å². The molecule has 0 aliphatic heterocycles. The van der Waals surface area contributed by atoms with E-state index in [0.29, 0.717) is 16.8 Å². The van der Waals surface area contributed by atoms with Gasteiger partial charge in [0.25, 0.3) is 0 Å². The molecule has 2 rings (SSSR count). The Balaban J connectivity index is 1.84. The topological polar surface area (TPSA) is 53.1 Å². The molecule has 6 heteroatoms. The summed E-state index contributed by atoms with van der Waals surface area (Å²) in [6.45, 7) is 1.84. The van der Waals surface area contributed by atoms with Gasteiger partial charge < -0.3 is 15.5 Å². The summed E-state index contributed by atoms with van der Waals surface area (Å²) in [5.41, 5.74) is 0. The zero-order chi connectivity index (χ0) is 12.3. The fourth-order valence-electron chi connectivity index (χ4n) is 1.66. The summed E-state index contributed by atoms with van der Waals surface area (Å²) in [4.78, 5) is 10.7. The molecule has 0 atom stereocenters. The number of rotatable bonds is 6. The summed E-state index contributed by atoms with van der Waals surface area (Å²) in [7, 11) is 3.94. The molecule has 0 amide bonds. The number of hydrogen-bond donors (Lipinski definition) is 2. The predicted octanol–water partition coefficient (Wildman–Crippen LogP) is 1.68. The van der Waals surface area contributed by atoms with Crippen molar-refractivity contribution in [2.45, 2.75) is 18.9 Å². The Hall–Kier alpha value is -1.07. The number of nitrogens with one attached hydrogen (secondary N) is 2. The Labute approximate surface area is 107 Å². The van der Waals surface area contributed by atoms with Gasteiger partial charge in [0.05, 0.1) is 6.20 Å². The largest absolute Gasteiger partial charge is 0.367 e. The van der Waals surface area contributed by atoms with E-state index in [1.807, 2.05) is 0 Å². The Morgan fingerprint density at radius 2 is 2.29 bits per heavy atom. The molecule has 2 N–H and O–H groups in total. The van der Waals surface area contributed by atoms with E-state index in [-0.39, 0.29) is 0 Å². The van der Waals surface area contributed by atoms with Crippen LogP contribution in [0, 0.1) is 0 Å². The highest BCUT2D eigenvalue weighted by Gasteiger charge is 2.25. The Kier molecular flexibility index (Phi) is 4.02. The number of nitrogens with zero attached hydrogens (tertiary/aromatic N) is 3. The average molecular weight is 256 g/mol. The van der Waals surface area contributed by atoms with Gasteiger partial charge >= 0.3 is 0 Å². The van der Waals surface area contributed by atoms with Gasteiger partial charge in [-0.2, -0.15) is 4.98 Å². The van der Waals surface area contributed by atoms with Crippen LogP contribution in [0.3, 0.4) is 0 Å². The van der Waals surface area contributed by atoms with Crippen molar-refractivity contribution >= 4 is 23.4 Å². The van der Waals surface area contributed by atoms with Crippen molar-refractivity contribution in [3.05, 3.63) is 11.2 Å². The second kappa shape index (κ2) is 5.51. The molecule has 0 radical (unpaired) electrons. The minimum atomic E-state index is 0.554. The smallest absolute Gasteiger partial charge is 0.224 e. The maximum absolute atomic E-state index is 6.01. The SMILES string of the molecule is CNc1ncc(Cl)c(NCCN(C)C2CC2)n1. The van der Waals surface area contributed by atoms with Gasteiger partial charge in [0.15, 0.2) is 5.82 Å². The maximum Gasteiger partial charge on any atom is 0.224 e. The van der Waals surface area contributed by atoms with Crippen molar-refractivity contribution in [3.63, 3.8) is 0 Å². The van der Waals surface area contributed by atoms with Gasteiger partial charge in [-0.25, -0.2) is 4.98 Å². The molecule has 1 fully saturated rings. The van der Waals surface area contributed by atoms with Crippen LogP contribution in [0.2, 0.25) is 5.02 Å². The van der Waals surface area contributed by atoms with E-state index in [1.54, 1.807) is 13.2 Å². The summed E-state index contributed by atoms with van der Waals surface area (Å²) >= 11 is 6.01. The van der Waals surface area contributed by atoms with E-state index < -0.39 is 0 Å². The first-order chi connectivity index (χ1) is 8.20. The molecule has 5 nitrogen and oxygen atoms in total. The van der Waals surface area contributed by atoms with Crippen molar-refractivity contribution in [1.82, 2.24) is 14.9 Å². The number of aromatic nitrogens is 2. The zero-order valence-corrected chi connectivity index (χ0v) is 11.0. The van der Waals surface area contributed by atoms with Crippen LogP contribution in [0.4, 0.5) is 11.8 Å². The monoisotopic (exact) mass is 255 g/mol. The van der Waals surface area contributed by atoms with E-state index in [1.165, 1.54) is 12.8 Å². The van der Waals surface area contributed by atoms with Gasteiger partial charge in [0, 0.05) is 26.2 Å². The van der Waals surface area contributed by atoms with Crippen LogP contribution in [0.15, 0.2) is 6.20 Å². The van der Waals surface area contributed by atoms with E-state index in [0.717, 1.165) is 19.1 Å². The van der Waals surface area contributed by atoms with Gasteiger partial charge in [-0.1, -0.05) is 11.6 Å². The Bertz CT molecular complexity index is 380. The summed E-state index contributed by atoms with van der Waals surface area (Å²) in [5, 5.41) is 6.68. The molecule has 1 aliphatic carbocycles. The number of halogens is 1. The van der Waals surface area contributed by atoms with Crippen LogP contribution in [-0.4, -0.2) is 48.1 Å². The predicted molar refractivity (Wildman–Crippen MR) is 70.7 cm³/mol. The van der Waals surface area contributed by atoms with Gasteiger partial charge in [-0.3, -0.25) is 0 Å². The lowest BCUT2D eigenvalue weighted by Gasteiger charge is -2.16. The molecule has 0 spiro atoms. The molecule has 0 unspecified atom stereocenters. The normalized spacial score (nSPS) is 15.1. The second-order valence-electron chi connectivity index (χ2n) is 4.28. The lowest BCUT2D eigenvalue weighted by Crippen LogP contribution is -2.27. The highest BCUT2D eigenvalue weighted by atomic mass is 35.5. The molecule has 0 bridgehead atoms.